The molecule has 0 aromatic rings. The van der Waals surface area contributed by atoms with Gasteiger partial charge in [0, 0.05) is 19.0 Å². The zero-order valence-electron chi connectivity index (χ0n) is 10.5. The molecule has 0 aromatic carbocycles. The Labute approximate surface area is 98.4 Å². The summed E-state index contributed by atoms with van der Waals surface area (Å²) in [5.74, 6) is 1.24. The smallest absolute Gasteiger partial charge is 0.224 e. The number of rotatable bonds is 7. The van der Waals surface area contributed by atoms with Gasteiger partial charge in [-0.2, -0.15) is 0 Å². The Morgan fingerprint density at radius 1 is 1.44 bits per heavy atom. The predicted molar refractivity (Wildman–Crippen MR) is 65.1 cm³/mol. The molecule has 1 unspecified atom stereocenters. The van der Waals surface area contributed by atoms with Crippen LogP contribution in [0.5, 0.6) is 0 Å². The van der Waals surface area contributed by atoms with Gasteiger partial charge in [-0.05, 0) is 43.6 Å². The second-order valence-electron chi connectivity index (χ2n) is 5.56. The van der Waals surface area contributed by atoms with Crippen LogP contribution in [0.1, 0.15) is 39.5 Å². The van der Waals surface area contributed by atoms with Crippen LogP contribution in [0.25, 0.3) is 0 Å². The van der Waals surface area contributed by atoms with E-state index in [-0.39, 0.29) is 11.8 Å². The van der Waals surface area contributed by atoms with E-state index < -0.39 is 0 Å². The minimum atomic E-state index is 0.0925. The Balaban J connectivity index is 1.67. The lowest BCUT2D eigenvalue weighted by molar-refractivity contribution is -0.124. The van der Waals surface area contributed by atoms with Gasteiger partial charge in [-0.25, -0.2) is 0 Å². The molecule has 92 valence electrons. The summed E-state index contributed by atoms with van der Waals surface area (Å²) in [5, 5.41) is 6.35. The van der Waals surface area contributed by atoms with E-state index in [9.17, 15) is 4.79 Å². The zero-order valence-corrected chi connectivity index (χ0v) is 10.5. The molecule has 3 heteroatoms. The summed E-state index contributed by atoms with van der Waals surface area (Å²) in [6.45, 7) is 6.71. The second kappa shape index (κ2) is 4.74. The molecular formula is C13H24N2O. The minimum absolute atomic E-state index is 0.0925. The van der Waals surface area contributed by atoms with E-state index in [1.807, 2.05) is 6.92 Å². The third-order valence-corrected chi connectivity index (χ3v) is 4.10. The van der Waals surface area contributed by atoms with Crippen molar-refractivity contribution in [1.29, 1.82) is 0 Å². The monoisotopic (exact) mass is 224 g/mol. The Morgan fingerprint density at radius 3 is 2.62 bits per heavy atom. The van der Waals surface area contributed by atoms with Crippen LogP contribution in [0.2, 0.25) is 0 Å². The van der Waals surface area contributed by atoms with Crippen molar-refractivity contribution in [2.24, 2.45) is 17.3 Å². The number of hydrogen-bond donors (Lipinski definition) is 2. The highest BCUT2D eigenvalue weighted by Gasteiger charge is 2.53. The van der Waals surface area contributed by atoms with Gasteiger partial charge in [-0.3, -0.25) is 4.79 Å². The molecule has 2 aliphatic rings. The van der Waals surface area contributed by atoms with Crippen LogP contribution in [0.4, 0.5) is 0 Å². The van der Waals surface area contributed by atoms with E-state index in [2.05, 4.69) is 17.6 Å². The maximum absolute atomic E-state index is 11.8. The fourth-order valence-electron chi connectivity index (χ4n) is 2.48. The van der Waals surface area contributed by atoms with E-state index >= 15 is 0 Å². The fourth-order valence-corrected chi connectivity index (χ4v) is 2.48. The lowest BCUT2D eigenvalue weighted by Gasteiger charge is -2.17. The first kappa shape index (κ1) is 11.9. The van der Waals surface area contributed by atoms with Crippen LogP contribution in [0.3, 0.4) is 0 Å². The number of amides is 1. The number of nitrogens with one attached hydrogen (secondary N) is 2. The molecule has 0 aromatic heterocycles. The van der Waals surface area contributed by atoms with Crippen LogP contribution in [-0.2, 0) is 4.79 Å². The first-order valence-electron chi connectivity index (χ1n) is 6.66. The van der Waals surface area contributed by atoms with E-state index in [4.69, 9.17) is 0 Å². The minimum Gasteiger partial charge on any atom is -0.355 e. The lowest BCUT2D eigenvalue weighted by atomic mass is 10.0. The third-order valence-electron chi connectivity index (χ3n) is 4.10. The number of carbonyl (C=O) groups excluding carboxylic acids is 1. The molecule has 2 N–H and O–H groups in total. The third kappa shape index (κ3) is 2.76. The summed E-state index contributed by atoms with van der Waals surface area (Å²) < 4.78 is 0. The molecule has 0 radical (unpaired) electrons. The highest BCUT2D eigenvalue weighted by Crippen LogP contribution is 2.60. The normalized spacial score (nSPS) is 23.9. The molecule has 2 fully saturated rings. The molecule has 1 atom stereocenters. The van der Waals surface area contributed by atoms with Crippen molar-refractivity contribution in [2.45, 2.75) is 39.5 Å². The van der Waals surface area contributed by atoms with Gasteiger partial charge in [0.1, 0.15) is 0 Å². The summed E-state index contributed by atoms with van der Waals surface area (Å²) in [4.78, 5) is 11.8. The summed E-state index contributed by atoms with van der Waals surface area (Å²) in [6.07, 6.45) is 5.45. The van der Waals surface area contributed by atoms with Gasteiger partial charge in [0.2, 0.25) is 5.91 Å². The highest BCUT2D eigenvalue weighted by molar-refractivity contribution is 5.78. The van der Waals surface area contributed by atoms with E-state index in [1.54, 1.807) is 0 Å². The lowest BCUT2D eigenvalue weighted by Crippen LogP contribution is -2.38. The van der Waals surface area contributed by atoms with Crippen molar-refractivity contribution in [3.05, 3.63) is 0 Å². The van der Waals surface area contributed by atoms with Gasteiger partial charge in [-0.1, -0.05) is 13.8 Å². The van der Waals surface area contributed by atoms with Crippen molar-refractivity contribution in [3.8, 4) is 0 Å². The van der Waals surface area contributed by atoms with Gasteiger partial charge in [0.25, 0.3) is 0 Å². The molecule has 2 rings (SSSR count). The zero-order chi connectivity index (χ0) is 11.6. The SMILES string of the molecule is CCNCC(C)C(=O)NCC1(C2CC2)CC1. The number of carbonyl (C=O) groups is 1. The first-order valence-corrected chi connectivity index (χ1v) is 6.66. The summed E-state index contributed by atoms with van der Waals surface area (Å²) in [6, 6.07) is 0. The highest BCUT2D eigenvalue weighted by atomic mass is 16.1. The average Bonchev–Trinajstić information content (AvgIpc) is 3.14. The molecule has 3 nitrogen and oxygen atoms in total. The molecule has 0 heterocycles. The maximum atomic E-state index is 11.8. The van der Waals surface area contributed by atoms with Gasteiger partial charge in [0.05, 0.1) is 0 Å². The summed E-state index contributed by atoms with van der Waals surface area (Å²) in [7, 11) is 0. The van der Waals surface area contributed by atoms with E-state index in [0.29, 0.717) is 5.41 Å². The Kier molecular flexibility index (Phi) is 3.53. The molecule has 0 aliphatic heterocycles. The Morgan fingerprint density at radius 2 is 2.12 bits per heavy atom. The van der Waals surface area contributed by atoms with Crippen molar-refractivity contribution < 1.29 is 4.79 Å². The molecule has 1 amide bonds. The topological polar surface area (TPSA) is 41.1 Å². The Bertz CT molecular complexity index is 257. The van der Waals surface area contributed by atoms with Crippen LogP contribution in [0, 0.1) is 17.3 Å². The van der Waals surface area contributed by atoms with Crippen LogP contribution in [-0.4, -0.2) is 25.5 Å². The van der Waals surface area contributed by atoms with Crippen molar-refractivity contribution in [3.63, 3.8) is 0 Å². The Hall–Kier alpha value is -0.570. The molecule has 0 saturated heterocycles. The molecule has 0 spiro atoms. The van der Waals surface area contributed by atoms with Crippen molar-refractivity contribution in [1.82, 2.24) is 10.6 Å². The average molecular weight is 224 g/mol. The van der Waals surface area contributed by atoms with Crippen LogP contribution >= 0.6 is 0 Å². The molecule has 0 bridgehead atoms. The van der Waals surface area contributed by atoms with Gasteiger partial charge < -0.3 is 10.6 Å². The van der Waals surface area contributed by atoms with Gasteiger partial charge in [-0.15, -0.1) is 0 Å². The molecule has 16 heavy (non-hydrogen) atoms. The van der Waals surface area contributed by atoms with E-state index in [1.165, 1.54) is 25.7 Å². The second-order valence-corrected chi connectivity index (χ2v) is 5.56. The molecule has 2 aliphatic carbocycles. The van der Waals surface area contributed by atoms with Gasteiger partial charge >= 0.3 is 0 Å². The molecular weight excluding hydrogens is 200 g/mol. The maximum Gasteiger partial charge on any atom is 0.224 e. The summed E-state index contributed by atoms with van der Waals surface area (Å²) >= 11 is 0. The fraction of sp³-hybridized carbons (Fsp3) is 0.923. The van der Waals surface area contributed by atoms with E-state index in [0.717, 1.165) is 25.6 Å². The van der Waals surface area contributed by atoms with Crippen LogP contribution < -0.4 is 10.6 Å². The largest absolute Gasteiger partial charge is 0.355 e. The van der Waals surface area contributed by atoms with Crippen molar-refractivity contribution in [2.75, 3.05) is 19.6 Å². The first-order chi connectivity index (χ1) is 7.68. The predicted octanol–water partition coefficient (Wildman–Crippen LogP) is 1.54. The quantitative estimate of drug-likeness (QED) is 0.688. The van der Waals surface area contributed by atoms with Crippen LogP contribution in [0.15, 0.2) is 0 Å². The standard InChI is InChI=1S/C13H24N2O/c1-3-14-8-10(2)12(16)15-9-13(6-7-13)11-4-5-11/h10-11,14H,3-9H2,1-2H3,(H,15,16). The van der Waals surface area contributed by atoms with Gasteiger partial charge in [0.15, 0.2) is 0 Å². The molecule has 2 saturated carbocycles. The van der Waals surface area contributed by atoms with Crippen molar-refractivity contribution >= 4 is 5.91 Å². The number of hydrogen-bond acceptors (Lipinski definition) is 2. The summed E-state index contributed by atoms with van der Waals surface area (Å²) in [5.41, 5.74) is 0.521.